The molecule has 0 aliphatic heterocycles. The van der Waals surface area contributed by atoms with E-state index in [9.17, 15) is 9.59 Å². The maximum Gasteiger partial charge on any atom is 0.332 e. The molecule has 4 nitrogen and oxygen atoms in total. The van der Waals surface area contributed by atoms with Crippen LogP contribution in [0.2, 0.25) is 0 Å². The Morgan fingerprint density at radius 2 is 1.61 bits per heavy atom. The third kappa shape index (κ3) is 8.09. The van der Waals surface area contributed by atoms with Crippen LogP contribution in [0.15, 0.2) is 0 Å². The Kier molecular flexibility index (Phi) is 9.33. The molecule has 0 heterocycles. The van der Waals surface area contributed by atoms with Crippen molar-refractivity contribution in [3.63, 3.8) is 0 Å². The molecular formula is C14H27NO3. The number of nitrogens with zero attached hydrogens (tertiary/aromatic N) is 1. The van der Waals surface area contributed by atoms with Gasteiger partial charge in [-0.05, 0) is 20.3 Å². The van der Waals surface area contributed by atoms with Gasteiger partial charge in [-0.25, -0.2) is 4.79 Å². The van der Waals surface area contributed by atoms with Crippen molar-refractivity contribution in [2.45, 2.75) is 78.7 Å². The average Bonchev–Trinajstić information content (AvgIpc) is 2.29. The molecule has 0 atom stereocenters. The minimum absolute atomic E-state index is 0.115. The fourth-order valence-corrected chi connectivity index (χ4v) is 1.74. The van der Waals surface area contributed by atoms with E-state index >= 15 is 0 Å². The predicted octanol–water partition coefficient (Wildman–Crippen LogP) is 3.45. The normalized spacial score (nSPS) is 10.5. The molecule has 106 valence electrons. The number of amides is 1. The molecule has 0 fully saturated rings. The summed E-state index contributed by atoms with van der Waals surface area (Å²) in [6.07, 6.45) is 7.17. The average molecular weight is 257 g/mol. The molecule has 0 saturated carbocycles. The van der Waals surface area contributed by atoms with Crippen LogP contribution in [-0.2, 0) is 14.4 Å². The Hall–Kier alpha value is -1.06. The van der Waals surface area contributed by atoms with Gasteiger partial charge in [0.1, 0.15) is 0 Å². The molecule has 0 aliphatic rings. The SMILES string of the molecule is CCCCCCCCC(=O)ON(C(C)=O)C(C)C. The highest BCUT2D eigenvalue weighted by Crippen LogP contribution is 2.09. The van der Waals surface area contributed by atoms with Gasteiger partial charge in [0, 0.05) is 13.3 Å². The molecule has 18 heavy (non-hydrogen) atoms. The van der Waals surface area contributed by atoms with Gasteiger partial charge in [0.25, 0.3) is 5.91 Å². The Bertz CT molecular complexity index is 251. The maximum absolute atomic E-state index is 11.5. The molecule has 0 aromatic heterocycles. The van der Waals surface area contributed by atoms with Crippen LogP contribution in [0.1, 0.15) is 72.6 Å². The summed E-state index contributed by atoms with van der Waals surface area (Å²) in [4.78, 5) is 27.8. The summed E-state index contributed by atoms with van der Waals surface area (Å²) in [5, 5.41) is 1.14. The lowest BCUT2D eigenvalue weighted by molar-refractivity contribution is -0.203. The number of hydrogen-bond donors (Lipinski definition) is 0. The van der Waals surface area contributed by atoms with E-state index in [1.54, 1.807) is 0 Å². The second-order valence-corrected chi connectivity index (χ2v) is 4.92. The molecule has 1 amide bonds. The second-order valence-electron chi connectivity index (χ2n) is 4.92. The Labute approximate surface area is 111 Å². The van der Waals surface area contributed by atoms with Gasteiger partial charge in [-0.2, -0.15) is 5.06 Å². The number of unbranched alkanes of at least 4 members (excludes halogenated alkanes) is 5. The van der Waals surface area contributed by atoms with Crippen molar-refractivity contribution in [1.82, 2.24) is 5.06 Å². The summed E-state index contributed by atoms with van der Waals surface area (Å²) < 4.78 is 0. The van der Waals surface area contributed by atoms with Crippen molar-refractivity contribution < 1.29 is 14.4 Å². The van der Waals surface area contributed by atoms with Gasteiger partial charge in [-0.1, -0.05) is 39.0 Å². The zero-order chi connectivity index (χ0) is 14.0. The zero-order valence-corrected chi connectivity index (χ0v) is 12.2. The first-order chi connectivity index (χ1) is 8.49. The Morgan fingerprint density at radius 1 is 1.06 bits per heavy atom. The van der Waals surface area contributed by atoms with E-state index in [2.05, 4.69) is 6.92 Å². The largest absolute Gasteiger partial charge is 0.338 e. The van der Waals surface area contributed by atoms with Crippen molar-refractivity contribution in [3.8, 4) is 0 Å². The van der Waals surface area contributed by atoms with E-state index in [-0.39, 0.29) is 17.9 Å². The molecule has 0 N–H and O–H groups in total. The summed E-state index contributed by atoms with van der Waals surface area (Å²) in [6.45, 7) is 7.22. The molecule has 0 radical (unpaired) electrons. The van der Waals surface area contributed by atoms with E-state index in [0.717, 1.165) is 17.9 Å². The number of carbonyl (C=O) groups excluding carboxylic acids is 2. The van der Waals surface area contributed by atoms with Crippen molar-refractivity contribution >= 4 is 11.9 Å². The standard InChI is InChI=1S/C14H27NO3/c1-5-6-7-8-9-10-11-14(17)18-15(12(2)3)13(4)16/h12H,5-11H2,1-4H3. The lowest BCUT2D eigenvalue weighted by Crippen LogP contribution is -2.37. The summed E-state index contributed by atoms with van der Waals surface area (Å²) in [5.41, 5.74) is 0. The van der Waals surface area contributed by atoms with Crippen molar-refractivity contribution in [3.05, 3.63) is 0 Å². The van der Waals surface area contributed by atoms with E-state index in [4.69, 9.17) is 4.84 Å². The molecule has 0 saturated heterocycles. The minimum atomic E-state index is -0.311. The molecule has 0 aromatic carbocycles. The summed E-state index contributed by atoms with van der Waals surface area (Å²) in [6, 6.07) is -0.115. The third-order valence-electron chi connectivity index (χ3n) is 2.71. The van der Waals surface area contributed by atoms with Crippen LogP contribution < -0.4 is 0 Å². The molecule has 0 aliphatic carbocycles. The van der Waals surface area contributed by atoms with Gasteiger partial charge in [-0.3, -0.25) is 4.79 Å². The van der Waals surface area contributed by atoms with E-state index in [1.165, 1.54) is 32.6 Å². The van der Waals surface area contributed by atoms with Crippen LogP contribution >= 0.6 is 0 Å². The van der Waals surface area contributed by atoms with Gasteiger partial charge >= 0.3 is 5.97 Å². The van der Waals surface area contributed by atoms with E-state index < -0.39 is 0 Å². The first-order valence-corrected chi connectivity index (χ1v) is 6.99. The summed E-state index contributed by atoms with van der Waals surface area (Å²) in [5.74, 6) is -0.546. The smallest absolute Gasteiger partial charge is 0.332 e. The van der Waals surface area contributed by atoms with Crippen LogP contribution in [0, 0.1) is 0 Å². The summed E-state index contributed by atoms with van der Waals surface area (Å²) in [7, 11) is 0. The quantitative estimate of drug-likeness (QED) is 0.494. The van der Waals surface area contributed by atoms with E-state index in [1.807, 2.05) is 13.8 Å². The lowest BCUT2D eigenvalue weighted by Gasteiger charge is -2.23. The first-order valence-electron chi connectivity index (χ1n) is 6.99. The number of hydroxylamine groups is 2. The number of hydrogen-bond acceptors (Lipinski definition) is 3. The fraction of sp³-hybridized carbons (Fsp3) is 0.857. The topological polar surface area (TPSA) is 46.6 Å². The van der Waals surface area contributed by atoms with Gasteiger partial charge < -0.3 is 4.84 Å². The summed E-state index contributed by atoms with van der Waals surface area (Å²) >= 11 is 0. The van der Waals surface area contributed by atoms with Crippen LogP contribution in [0.5, 0.6) is 0 Å². The highest BCUT2D eigenvalue weighted by atomic mass is 16.7. The fourth-order valence-electron chi connectivity index (χ4n) is 1.74. The Morgan fingerprint density at radius 3 is 2.11 bits per heavy atom. The second kappa shape index (κ2) is 9.92. The van der Waals surface area contributed by atoms with Crippen molar-refractivity contribution in [2.24, 2.45) is 0 Å². The van der Waals surface area contributed by atoms with Crippen LogP contribution in [0.3, 0.4) is 0 Å². The van der Waals surface area contributed by atoms with Crippen molar-refractivity contribution in [2.75, 3.05) is 0 Å². The van der Waals surface area contributed by atoms with Gasteiger partial charge in [0.05, 0.1) is 6.04 Å². The highest BCUT2D eigenvalue weighted by molar-refractivity contribution is 5.76. The monoisotopic (exact) mass is 257 g/mol. The maximum atomic E-state index is 11.5. The van der Waals surface area contributed by atoms with Crippen LogP contribution in [-0.4, -0.2) is 23.0 Å². The van der Waals surface area contributed by atoms with E-state index in [0.29, 0.717) is 6.42 Å². The van der Waals surface area contributed by atoms with Crippen molar-refractivity contribution in [1.29, 1.82) is 0 Å². The molecule has 0 rings (SSSR count). The molecule has 0 unspecified atom stereocenters. The van der Waals surface area contributed by atoms with Gasteiger partial charge in [0.2, 0.25) is 0 Å². The van der Waals surface area contributed by atoms with Gasteiger partial charge in [-0.15, -0.1) is 0 Å². The first kappa shape index (κ1) is 16.9. The number of carbonyl (C=O) groups is 2. The number of rotatable bonds is 8. The zero-order valence-electron chi connectivity index (χ0n) is 12.2. The minimum Gasteiger partial charge on any atom is -0.338 e. The Balaban J connectivity index is 3.72. The third-order valence-corrected chi connectivity index (χ3v) is 2.71. The molecule has 0 spiro atoms. The van der Waals surface area contributed by atoms with Crippen LogP contribution in [0.4, 0.5) is 0 Å². The predicted molar refractivity (Wildman–Crippen MR) is 71.7 cm³/mol. The molecule has 0 aromatic rings. The molecule has 4 heteroatoms. The molecule has 0 bridgehead atoms. The molecular weight excluding hydrogens is 230 g/mol. The highest BCUT2D eigenvalue weighted by Gasteiger charge is 2.17. The van der Waals surface area contributed by atoms with Crippen LogP contribution in [0.25, 0.3) is 0 Å². The lowest BCUT2D eigenvalue weighted by atomic mass is 10.1. The van der Waals surface area contributed by atoms with Gasteiger partial charge in [0.15, 0.2) is 0 Å².